The van der Waals surface area contributed by atoms with E-state index in [4.69, 9.17) is 0 Å². The van der Waals surface area contributed by atoms with Gasteiger partial charge in [-0.1, -0.05) is 30.0 Å². The highest BCUT2D eigenvalue weighted by Crippen LogP contribution is 2.37. The first kappa shape index (κ1) is 24.1. The van der Waals surface area contributed by atoms with Crippen LogP contribution in [-0.4, -0.2) is 51.6 Å². The highest BCUT2D eigenvalue weighted by molar-refractivity contribution is 6.20. The second kappa shape index (κ2) is 9.09. The molecule has 0 N–H and O–H groups in total. The van der Waals surface area contributed by atoms with Crippen LogP contribution >= 0.6 is 0 Å². The van der Waals surface area contributed by atoms with E-state index in [1.54, 1.807) is 43.3 Å². The van der Waals surface area contributed by atoms with E-state index in [1.165, 1.54) is 16.7 Å². The molecular formula is C27H21F2N5O3. The van der Waals surface area contributed by atoms with Crippen molar-refractivity contribution < 1.29 is 23.2 Å². The fraction of sp³-hybridized carbons (Fsp3) is 0.222. The zero-order valence-electron chi connectivity index (χ0n) is 20.0. The Bertz CT molecular complexity index is 1460. The molecule has 0 bridgehead atoms. The molecule has 5 rings (SSSR count). The molecule has 0 spiro atoms. The van der Waals surface area contributed by atoms with Crippen LogP contribution in [0.4, 0.5) is 25.1 Å². The van der Waals surface area contributed by atoms with Crippen LogP contribution in [0.1, 0.15) is 30.2 Å². The zero-order chi connectivity index (χ0) is 26.3. The second-order valence-corrected chi connectivity index (χ2v) is 9.01. The van der Waals surface area contributed by atoms with Crippen molar-refractivity contribution in [1.29, 1.82) is 0 Å². The molecule has 1 unspecified atom stereocenters. The largest absolute Gasteiger partial charge is 0.332 e. The van der Waals surface area contributed by atoms with E-state index in [0.717, 1.165) is 12.1 Å². The number of benzene rings is 2. The summed E-state index contributed by atoms with van der Waals surface area (Å²) in [4.78, 5) is 42.9. The van der Waals surface area contributed by atoms with E-state index < -0.39 is 47.1 Å². The van der Waals surface area contributed by atoms with Gasteiger partial charge in [0, 0.05) is 24.2 Å². The Labute approximate surface area is 211 Å². The van der Waals surface area contributed by atoms with E-state index in [9.17, 15) is 14.4 Å². The average molecular weight is 501 g/mol. The van der Waals surface area contributed by atoms with Crippen molar-refractivity contribution >= 4 is 29.4 Å². The second-order valence-electron chi connectivity index (χ2n) is 9.01. The van der Waals surface area contributed by atoms with Gasteiger partial charge >= 0.3 is 6.03 Å². The molecule has 2 aliphatic heterocycles. The fourth-order valence-electron chi connectivity index (χ4n) is 4.53. The van der Waals surface area contributed by atoms with Crippen molar-refractivity contribution in [2.24, 2.45) is 0 Å². The van der Waals surface area contributed by atoms with Crippen LogP contribution in [-0.2, 0) is 9.59 Å². The van der Waals surface area contributed by atoms with E-state index in [-0.39, 0.29) is 18.7 Å². The molecule has 3 heterocycles. The van der Waals surface area contributed by atoms with Crippen molar-refractivity contribution in [2.75, 3.05) is 22.9 Å². The maximum absolute atomic E-state index is 15.1. The minimum atomic E-state index is -1.54. The number of piperazine rings is 1. The van der Waals surface area contributed by atoms with Gasteiger partial charge in [-0.15, -0.1) is 5.10 Å². The number of aromatic nitrogens is 2. The molecule has 0 aliphatic carbocycles. The van der Waals surface area contributed by atoms with Crippen LogP contribution in [0, 0.1) is 30.4 Å². The van der Waals surface area contributed by atoms with Gasteiger partial charge < -0.3 is 4.90 Å². The number of hydrogen-bond acceptors (Lipinski definition) is 5. The number of carbonyl (C=O) groups is 3. The quantitative estimate of drug-likeness (QED) is 0.503. The summed E-state index contributed by atoms with van der Waals surface area (Å²) in [5, 5.41) is 8.00. The molecular weight excluding hydrogens is 480 g/mol. The van der Waals surface area contributed by atoms with Crippen molar-refractivity contribution in [3.63, 3.8) is 0 Å². The number of imide groups is 1. The predicted octanol–water partition coefficient (Wildman–Crippen LogP) is 3.43. The third-order valence-electron chi connectivity index (χ3n) is 6.44. The van der Waals surface area contributed by atoms with Crippen molar-refractivity contribution in [3.8, 4) is 11.8 Å². The highest BCUT2D eigenvalue weighted by Gasteiger charge is 2.56. The first-order chi connectivity index (χ1) is 17.7. The summed E-state index contributed by atoms with van der Waals surface area (Å²) in [6.45, 7) is 3.33. The maximum Gasteiger partial charge on any atom is 0.332 e. The Balaban J connectivity index is 1.44. The van der Waals surface area contributed by atoms with Crippen molar-refractivity contribution in [2.45, 2.75) is 25.8 Å². The summed E-state index contributed by atoms with van der Waals surface area (Å²) in [6, 6.07) is 13.2. The minimum absolute atomic E-state index is 0.0320. The predicted molar refractivity (Wildman–Crippen MR) is 131 cm³/mol. The van der Waals surface area contributed by atoms with Crippen molar-refractivity contribution in [3.05, 3.63) is 83.1 Å². The van der Waals surface area contributed by atoms with Crippen LogP contribution in [0.15, 0.2) is 54.6 Å². The molecule has 10 heteroatoms. The molecule has 2 saturated heterocycles. The first-order valence-corrected chi connectivity index (χ1v) is 11.5. The van der Waals surface area contributed by atoms with E-state index in [1.807, 2.05) is 6.07 Å². The molecule has 0 saturated carbocycles. The van der Waals surface area contributed by atoms with Crippen LogP contribution in [0.25, 0.3) is 0 Å². The lowest BCUT2D eigenvalue weighted by Crippen LogP contribution is -2.73. The van der Waals surface area contributed by atoms with E-state index >= 15 is 8.78 Å². The number of rotatable bonds is 2. The van der Waals surface area contributed by atoms with Gasteiger partial charge in [-0.25, -0.2) is 18.5 Å². The number of nitrogens with zero attached hydrogens (tertiary/aromatic N) is 5. The summed E-state index contributed by atoms with van der Waals surface area (Å²) in [5.41, 5.74) is -0.952. The third kappa shape index (κ3) is 4.18. The standard InChI is InChI=1S/C27H21F2N5O3/c1-17-8-11-22(31-30-17)32-12-13-33-26(37)34(23(35)16-27(33,2)25(32)36)24-20(28)14-19(15-21(24)29)10-9-18-6-4-3-5-7-18/h3-8,11,14-15H,12-13,16H2,1-2H3. The number of amides is 4. The number of anilines is 2. The molecule has 2 aliphatic rings. The van der Waals surface area contributed by atoms with Crippen LogP contribution < -0.4 is 9.80 Å². The molecule has 1 atom stereocenters. The third-order valence-corrected chi connectivity index (χ3v) is 6.44. The molecule has 2 aromatic carbocycles. The Morgan fingerprint density at radius 1 is 0.892 bits per heavy atom. The summed E-state index contributed by atoms with van der Waals surface area (Å²) in [5.74, 6) is 2.16. The van der Waals surface area contributed by atoms with Gasteiger partial charge in [-0.05, 0) is 50.2 Å². The lowest BCUT2D eigenvalue weighted by molar-refractivity contribution is -0.137. The number of carbonyl (C=O) groups excluding carboxylic acids is 3. The van der Waals surface area contributed by atoms with Crippen molar-refractivity contribution in [1.82, 2.24) is 15.1 Å². The number of aryl methyl sites for hydroxylation is 1. The van der Waals surface area contributed by atoms with Crippen LogP contribution in [0.3, 0.4) is 0 Å². The zero-order valence-corrected chi connectivity index (χ0v) is 20.0. The highest BCUT2D eigenvalue weighted by atomic mass is 19.1. The van der Waals surface area contributed by atoms with Crippen LogP contribution in [0.5, 0.6) is 0 Å². The van der Waals surface area contributed by atoms with E-state index in [2.05, 4.69) is 22.0 Å². The van der Waals surface area contributed by atoms with Gasteiger partial charge in [0.1, 0.15) is 11.2 Å². The first-order valence-electron chi connectivity index (χ1n) is 11.5. The molecule has 1 aromatic heterocycles. The molecule has 0 radical (unpaired) electrons. The Morgan fingerprint density at radius 2 is 1.57 bits per heavy atom. The SMILES string of the molecule is Cc1ccc(N2CCN3C(=O)N(c4c(F)cc(C#Cc5ccccc5)cc4F)C(=O)CC3(C)C2=O)nn1. The summed E-state index contributed by atoms with van der Waals surface area (Å²) in [7, 11) is 0. The van der Waals surface area contributed by atoms with Gasteiger partial charge in [0.25, 0.3) is 5.91 Å². The topological polar surface area (TPSA) is 86.7 Å². The fourth-order valence-corrected chi connectivity index (χ4v) is 4.53. The monoisotopic (exact) mass is 501 g/mol. The smallest absolute Gasteiger partial charge is 0.307 e. The Morgan fingerprint density at radius 3 is 2.22 bits per heavy atom. The maximum atomic E-state index is 15.1. The number of urea groups is 1. The number of hydrogen-bond donors (Lipinski definition) is 0. The van der Waals surface area contributed by atoms with Gasteiger partial charge in [-0.2, -0.15) is 5.10 Å². The van der Waals surface area contributed by atoms with Crippen LogP contribution in [0.2, 0.25) is 0 Å². The summed E-state index contributed by atoms with van der Waals surface area (Å²) < 4.78 is 30.2. The van der Waals surface area contributed by atoms with Gasteiger partial charge in [0.2, 0.25) is 5.91 Å². The normalized spacial score (nSPS) is 19.5. The van der Waals surface area contributed by atoms with E-state index in [0.29, 0.717) is 22.0 Å². The molecule has 2 fully saturated rings. The van der Waals surface area contributed by atoms with Gasteiger partial charge in [-0.3, -0.25) is 14.5 Å². The lowest BCUT2D eigenvalue weighted by atomic mass is 9.88. The minimum Gasteiger partial charge on any atom is -0.307 e. The summed E-state index contributed by atoms with van der Waals surface area (Å²) in [6.07, 6.45) is -0.457. The molecule has 4 amide bonds. The van der Waals surface area contributed by atoms with Gasteiger partial charge in [0.15, 0.2) is 17.5 Å². The van der Waals surface area contributed by atoms with Gasteiger partial charge in [0.05, 0.1) is 12.1 Å². The lowest BCUT2D eigenvalue weighted by Gasteiger charge is -2.51. The number of fused-ring (bicyclic) bond motifs is 1. The summed E-state index contributed by atoms with van der Waals surface area (Å²) >= 11 is 0. The molecule has 3 aromatic rings. The molecule has 186 valence electrons. The Kier molecular flexibility index (Phi) is 5.91. The number of halogens is 2. The molecule has 37 heavy (non-hydrogen) atoms. The average Bonchev–Trinajstić information content (AvgIpc) is 2.87. The molecule has 8 nitrogen and oxygen atoms in total. The Hall–Kier alpha value is -4.65.